The molecule has 0 atom stereocenters. The summed E-state index contributed by atoms with van der Waals surface area (Å²) in [5.74, 6) is 0. The second-order valence-corrected chi connectivity index (χ2v) is 0. The summed E-state index contributed by atoms with van der Waals surface area (Å²) >= 11 is 3.77. The van der Waals surface area contributed by atoms with Crippen molar-refractivity contribution in [2.24, 2.45) is 0 Å². The van der Waals surface area contributed by atoms with E-state index < -0.39 is 0 Å². The Bertz CT molecular complexity index is 6.00. The third kappa shape index (κ3) is 9.26. The van der Waals surface area contributed by atoms with E-state index in [-0.39, 0.29) is 33.6 Å². The van der Waals surface area contributed by atoms with Crippen LogP contribution in [0.15, 0.2) is 0 Å². The van der Waals surface area contributed by atoms with Gasteiger partial charge in [-0.2, -0.15) is 0 Å². The molecule has 0 saturated carbocycles. The molecule has 35 valence electrons. The van der Waals surface area contributed by atoms with Crippen LogP contribution in [-0.2, 0) is 47.9 Å². The van der Waals surface area contributed by atoms with Gasteiger partial charge < -0.3 is 0 Å². The van der Waals surface area contributed by atoms with Gasteiger partial charge in [-0.1, -0.05) is 0 Å². The predicted molar refractivity (Wildman–Crippen MR) is 7.59 cm³/mol. The Hall–Kier alpha value is 1.75. The Morgan fingerprint density at radius 1 is 1.00 bits per heavy atom. The molecule has 0 aromatic carbocycles. The van der Waals surface area contributed by atoms with Gasteiger partial charge in [0, 0.05) is 33.6 Å². The molecule has 0 spiro atoms. The summed E-state index contributed by atoms with van der Waals surface area (Å²) in [4.78, 5) is 0. The SMILES string of the molecule is [Co].[Co].[S]=[Cu]. The van der Waals surface area contributed by atoms with Crippen molar-refractivity contribution in [2.45, 2.75) is 0 Å². The zero-order valence-corrected chi connectivity index (χ0v) is 5.22. The van der Waals surface area contributed by atoms with Gasteiger partial charge in [0.05, 0.1) is 0 Å². The molecule has 0 unspecified atom stereocenters. The maximum absolute atomic E-state index is 3.77. The van der Waals surface area contributed by atoms with Crippen LogP contribution in [0.25, 0.3) is 0 Å². The molecule has 0 aliphatic rings. The van der Waals surface area contributed by atoms with Gasteiger partial charge in [-0.3, -0.25) is 0 Å². The first-order chi connectivity index (χ1) is 1.00. The summed E-state index contributed by atoms with van der Waals surface area (Å²) in [5, 5.41) is 0. The molecule has 0 aliphatic heterocycles. The Balaban J connectivity index is -0.00000000500. The van der Waals surface area contributed by atoms with Crippen LogP contribution in [0.3, 0.4) is 0 Å². The molecule has 0 N–H and O–H groups in total. The molecule has 0 nitrogen and oxygen atoms in total. The molecular formula is Co2CuS. The molecule has 0 amide bonds. The van der Waals surface area contributed by atoms with Crippen LogP contribution in [0.4, 0.5) is 0 Å². The minimum atomic E-state index is 0. The van der Waals surface area contributed by atoms with E-state index in [4.69, 9.17) is 0 Å². The third-order valence-corrected chi connectivity index (χ3v) is 0. The zero-order chi connectivity index (χ0) is 2.00. The normalized spacial score (nSPS) is 1.50. The van der Waals surface area contributed by atoms with Crippen molar-refractivity contribution >= 4 is 10.6 Å². The van der Waals surface area contributed by atoms with Crippen LogP contribution < -0.4 is 0 Å². The monoisotopic (exact) mass is 213 g/mol. The summed E-state index contributed by atoms with van der Waals surface area (Å²) in [6.45, 7) is 0. The average Bonchev–Trinajstić information content (AvgIpc) is 1.00. The molecule has 0 fully saturated rings. The molecule has 0 aliphatic carbocycles. The van der Waals surface area contributed by atoms with Gasteiger partial charge in [0.1, 0.15) is 0 Å². The van der Waals surface area contributed by atoms with Crippen LogP contribution in [-0.4, -0.2) is 0 Å². The second kappa shape index (κ2) is 21.8. The van der Waals surface area contributed by atoms with Crippen molar-refractivity contribution in [3.8, 4) is 0 Å². The van der Waals surface area contributed by atoms with E-state index in [1.54, 1.807) is 0 Å². The Labute approximate surface area is 58.2 Å². The first kappa shape index (κ1) is 17.1. The van der Waals surface area contributed by atoms with Crippen LogP contribution in [0.1, 0.15) is 0 Å². The fourth-order valence-electron chi connectivity index (χ4n) is 0. The van der Waals surface area contributed by atoms with Gasteiger partial charge in [-0.25, -0.2) is 0 Å². The summed E-state index contributed by atoms with van der Waals surface area (Å²) in [7, 11) is 3.65. The van der Waals surface area contributed by atoms with E-state index >= 15 is 0 Å². The Morgan fingerprint density at radius 3 is 1.00 bits per heavy atom. The molecule has 0 bridgehead atoms. The van der Waals surface area contributed by atoms with E-state index in [1.807, 2.05) is 0 Å². The van der Waals surface area contributed by atoms with Gasteiger partial charge in [0.2, 0.25) is 0 Å². The maximum atomic E-state index is 3.77. The van der Waals surface area contributed by atoms with Gasteiger partial charge in [-0.15, -0.1) is 0 Å². The van der Waals surface area contributed by atoms with Crippen LogP contribution in [0, 0.1) is 0 Å². The molecule has 0 saturated heterocycles. The molecule has 4 heteroatoms. The van der Waals surface area contributed by atoms with E-state index in [0.717, 1.165) is 0 Å². The first-order valence-electron chi connectivity index (χ1n) is 0.123. The molecule has 0 heterocycles. The number of rotatable bonds is 0. The molecule has 2 radical (unpaired) electrons. The molecule has 0 aromatic heterocycles. The van der Waals surface area contributed by atoms with Crippen molar-refractivity contribution in [1.82, 2.24) is 0 Å². The van der Waals surface area contributed by atoms with Gasteiger partial charge in [0.25, 0.3) is 0 Å². The van der Waals surface area contributed by atoms with Gasteiger partial charge in [0.15, 0.2) is 0 Å². The molecule has 0 rings (SSSR count). The van der Waals surface area contributed by atoms with Crippen molar-refractivity contribution in [3.63, 3.8) is 0 Å². The topological polar surface area (TPSA) is 0 Å². The van der Waals surface area contributed by atoms with Crippen molar-refractivity contribution in [2.75, 3.05) is 0 Å². The summed E-state index contributed by atoms with van der Waals surface area (Å²) in [5.41, 5.74) is 0. The predicted octanol–water partition coefficient (Wildman–Crippen LogP) is 0.641. The Kier molecular flexibility index (Phi) is 93.4. The molecular weight excluding hydrogens is 213 g/mol. The summed E-state index contributed by atoms with van der Waals surface area (Å²) in [6.07, 6.45) is 0. The summed E-state index contributed by atoms with van der Waals surface area (Å²) < 4.78 is 0. The average molecular weight is 213 g/mol. The van der Waals surface area contributed by atoms with Gasteiger partial charge >= 0.3 is 24.9 Å². The van der Waals surface area contributed by atoms with Crippen LogP contribution in [0.2, 0.25) is 0 Å². The standard InChI is InChI=1S/2Co.Cu.S. The minimum absolute atomic E-state index is 0. The number of hydrogen-bond donors (Lipinski definition) is 0. The second-order valence-electron chi connectivity index (χ2n) is 0. The van der Waals surface area contributed by atoms with Crippen LogP contribution >= 0.6 is 10.6 Å². The number of hydrogen-bond acceptors (Lipinski definition) is 1. The third-order valence-electron chi connectivity index (χ3n) is 0. The first-order valence-corrected chi connectivity index (χ1v) is 1.52. The molecule has 0 aromatic rings. The van der Waals surface area contributed by atoms with Crippen molar-refractivity contribution in [1.29, 1.82) is 0 Å². The Morgan fingerprint density at radius 2 is 1.00 bits per heavy atom. The quantitative estimate of drug-likeness (QED) is 0.532. The zero-order valence-electron chi connectivity index (χ0n) is 1.38. The van der Waals surface area contributed by atoms with Crippen molar-refractivity contribution in [3.05, 3.63) is 0 Å². The fraction of sp³-hybridized carbons (Fsp3) is 0. The van der Waals surface area contributed by atoms with Crippen LogP contribution in [0.5, 0.6) is 0 Å². The summed E-state index contributed by atoms with van der Waals surface area (Å²) in [6, 6.07) is 0. The van der Waals surface area contributed by atoms with Crippen molar-refractivity contribution < 1.29 is 47.9 Å². The molecule has 4 heavy (non-hydrogen) atoms. The fourth-order valence-corrected chi connectivity index (χ4v) is 0. The van der Waals surface area contributed by atoms with E-state index in [2.05, 4.69) is 24.9 Å². The van der Waals surface area contributed by atoms with E-state index in [0.29, 0.717) is 0 Å². The van der Waals surface area contributed by atoms with E-state index in [9.17, 15) is 0 Å². The van der Waals surface area contributed by atoms with Gasteiger partial charge in [-0.05, 0) is 0 Å². The van der Waals surface area contributed by atoms with E-state index in [1.165, 1.54) is 0 Å².